The highest BCUT2D eigenvalue weighted by Crippen LogP contribution is 2.47. The standard InChI is InChI=1S/C48H48O7/c1-50-41-23-15-36(16-24-41)47(34-11-7-5-8-12-34,37-17-25-42(51-2)26-18-37)54-45-31-40(49)32-46(33-45)55-48(35-13-9-6-10-14-35,38-19-27-43(52-3)28-20-38)39-21-29-44(53-4)30-22-39/h5-30,40,45-46,49H,31-33H2,1-4H3/t40?,45-,46+. The Bertz CT molecular complexity index is 1830. The van der Waals surface area contributed by atoms with Gasteiger partial charge in [-0.1, -0.05) is 109 Å². The van der Waals surface area contributed by atoms with Gasteiger partial charge in [-0.25, -0.2) is 0 Å². The van der Waals surface area contributed by atoms with Crippen molar-refractivity contribution in [1.82, 2.24) is 0 Å². The predicted molar refractivity (Wildman–Crippen MR) is 214 cm³/mol. The minimum absolute atomic E-state index is 0.404. The van der Waals surface area contributed by atoms with Crippen LogP contribution in [-0.4, -0.2) is 51.9 Å². The van der Waals surface area contributed by atoms with Gasteiger partial charge >= 0.3 is 0 Å². The maximum atomic E-state index is 11.7. The van der Waals surface area contributed by atoms with Crippen LogP contribution in [-0.2, 0) is 20.7 Å². The lowest BCUT2D eigenvalue weighted by molar-refractivity contribution is -0.144. The summed E-state index contributed by atoms with van der Waals surface area (Å²) in [6.45, 7) is 0. The fraction of sp³-hybridized carbons (Fsp3) is 0.250. The van der Waals surface area contributed by atoms with Crippen molar-refractivity contribution >= 4 is 0 Å². The lowest BCUT2D eigenvalue weighted by Gasteiger charge is -2.45. The van der Waals surface area contributed by atoms with Crippen molar-refractivity contribution in [2.45, 2.75) is 48.8 Å². The molecule has 1 saturated carbocycles. The molecule has 7 rings (SSSR count). The molecule has 1 aliphatic carbocycles. The lowest BCUT2D eigenvalue weighted by atomic mass is 9.78. The van der Waals surface area contributed by atoms with E-state index >= 15 is 0 Å². The van der Waals surface area contributed by atoms with Crippen molar-refractivity contribution < 1.29 is 33.5 Å². The van der Waals surface area contributed by atoms with E-state index in [-0.39, 0.29) is 0 Å². The number of rotatable bonds is 14. The average molecular weight is 737 g/mol. The van der Waals surface area contributed by atoms with Crippen LogP contribution in [0.5, 0.6) is 23.0 Å². The van der Waals surface area contributed by atoms with Crippen LogP contribution in [0.15, 0.2) is 158 Å². The molecule has 0 aliphatic heterocycles. The molecule has 1 aliphatic rings. The zero-order chi connectivity index (χ0) is 38.3. The molecule has 6 aromatic rings. The molecule has 1 fully saturated rings. The molecule has 55 heavy (non-hydrogen) atoms. The molecule has 0 heterocycles. The van der Waals surface area contributed by atoms with E-state index in [1.165, 1.54) is 0 Å². The molecule has 3 atom stereocenters. The van der Waals surface area contributed by atoms with Crippen molar-refractivity contribution in [2.75, 3.05) is 28.4 Å². The van der Waals surface area contributed by atoms with Gasteiger partial charge in [0.05, 0.1) is 46.8 Å². The number of hydrogen-bond donors (Lipinski definition) is 1. The molecule has 0 spiro atoms. The Morgan fingerprint density at radius 2 is 0.618 bits per heavy atom. The number of benzene rings is 6. The van der Waals surface area contributed by atoms with E-state index in [4.69, 9.17) is 28.4 Å². The molecule has 1 N–H and O–H groups in total. The summed E-state index contributed by atoms with van der Waals surface area (Å²) >= 11 is 0. The summed E-state index contributed by atoms with van der Waals surface area (Å²) < 4.78 is 37.3. The first-order valence-corrected chi connectivity index (χ1v) is 18.6. The highest BCUT2D eigenvalue weighted by atomic mass is 16.5. The zero-order valence-electron chi connectivity index (χ0n) is 31.8. The van der Waals surface area contributed by atoms with Crippen molar-refractivity contribution in [3.63, 3.8) is 0 Å². The molecule has 7 heteroatoms. The number of methoxy groups -OCH3 is 4. The Balaban J connectivity index is 1.34. The van der Waals surface area contributed by atoms with E-state index in [9.17, 15) is 5.11 Å². The summed E-state index contributed by atoms with van der Waals surface area (Å²) in [6.07, 6.45) is -0.0893. The summed E-state index contributed by atoms with van der Waals surface area (Å²) in [6, 6.07) is 52.6. The van der Waals surface area contributed by atoms with Crippen LogP contribution < -0.4 is 18.9 Å². The Labute approximate surface area is 324 Å². The molecular weight excluding hydrogens is 689 g/mol. The van der Waals surface area contributed by atoms with Crippen LogP contribution in [0.2, 0.25) is 0 Å². The minimum Gasteiger partial charge on any atom is -0.497 e. The quantitative estimate of drug-likeness (QED) is 0.112. The highest BCUT2D eigenvalue weighted by Gasteiger charge is 2.46. The van der Waals surface area contributed by atoms with Crippen LogP contribution in [0.1, 0.15) is 52.6 Å². The number of aliphatic hydroxyl groups is 1. The Morgan fingerprint density at radius 1 is 0.364 bits per heavy atom. The molecule has 0 radical (unpaired) electrons. The van der Waals surface area contributed by atoms with E-state index < -0.39 is 29.5 Å². The second-order valence-electron chi connectivity index (χ2n) is 13.8. The Hall–Kier alpha value is -5.60. The van der Waals surface area contributed by atoms with Crippen LogP contribution in [0, 0.1) is 0 Å². The third-order valence-corrected chi connectivity index (χ3v) is 10.6. The Kier molecular flexibility index (Phi) is 11.5. The summed E-state index contributed by atoms with van der Waals surface area (Å²) in [7, 11) is 6.65. The molecule has 0 aromatic heterocycles. The van der Waals surface area contributed by atoms with Gasteiger partial charge in [-0.3, -0.25) is 0 Å². The van der Waals surface area contributed by atoms with Gasteiger partial charge in [0, 0.05) is 6.42 Å². The van der Waals surface area contributed by atoms with Gasteiger partial charge < -0.3 is 33.5 Å². The van der Waals surface area contributed by atoms with E-state index in [0.717, 1.165) is 56.4 Å². The van der Waals surface area contributed by atoms with Crippen LogP contribution in [0.25, 0.3) is 0 Å². The zero-order valence-corrected chi connectivity index (χ0v) is 31.8. The fourth-order valence-electron chi connectivity index (χ4n) is 7.94. The summed E-state index contributed by atoms with van der Waals surface area (Å²) in [5.41, 5.74) is 3.53. The van der Waals surface area contributed by atoms with Crippen molar-refractivity contribution in [3.05, 3.63) is 191 Å². The number of ether oxygens (including phenoxy) is 6. The molecule has 1 unspecified atom stereocenters. The Morgan fingerprint density at radius 3 is 0.873 bits per heavy atom. The molecule has 6 aromatic carbocycles. The normalized spacial score (nSPS) is 17.3. The van der Waals surface area contributed by atoms with Crippen LogP contribution >= 0.6 is 0 Å². The van der Waals surface area contributed by atoms with Gasteiger partial charge in [0.25, 0.3) is 0 Å². The highest BCUT2D eigenvalue weighted by molar-refractivity contribution is 5.51. The van der Waals surface area contributed by atoms with Gasteiger partial charge in [0.2, 0.25) is 0 Å². The first-order chi connectivity index (χ1) is 26.9. The van der Waals surface area contributed by atoms with Gasteiger partial charge in [0.15, 0.2) is 0 Å². The second kappa shape index (κ2) is 16.8. The number of aliphatic hydroxyl groups excluding tert-OH is 1. The topological polar surface area (TPSA) is 75.6 Å². The van der Waals surface area contributed by atoms with E-state index in [0.29, 0.717) is 19.3 Å². The molecular formula is C48H48O7. The first kappa shape index (κ1) is 37.7. The maximum absolute atomic E-state index is 11.7. The first-order valence-electron chi connectivity index (χ1n) is 18.6. The van der Waals surface area contributed by atoms with Crippen molar-refractivity contribution in [3.8, 4) is 23.0 Å². The summed E-state index contributed by atoms with van der Waals surface area (Å²) in [4.78, 5) is 0. The second-order valence-corrected chi connectivity index (χ2v) is 13.8. The third-order valence-electron chi connectivity index (χ3n) is 10.6. The molecule has 0 saturated heterocycles. The van der Waals surface area contributed by atoms with Gasteiger partial charge in [0.1, 0.15) is 34.2 Å². The number of hydrogen-bond acceptors (Lipinski definition) is 7. The predicted octanol–water partition coefficient (Wildman–Crippen LogP) is 9.32. The SMILES string of the molecule is COc1ccc(C(O[C@@H]2CC(O)C[C@H](OC(c3ccccc3)(c3ccc(OC)cc3)c3ccc(OC)cc3)C2)(c2ccccc2)c2ccc(OC)cc2)cc1. The minimum atomic E-state index is -1.05. The lowest BCUT2D eigenvalue weighted by Crippen LogP contribution is -2.46. The molecule has 0 amide bonds. The van der Waals surface area contributed by atoms with Gasteiger partial charge in [-0.15, -0.1) is 0 Å². The molecule has 0 bridgehead atoms. The van der Waals surface area contributed by atoms with Crippen LogP contribution in [0.3, 0.4) is 0 Å². The van der Waals surface area contributed by atoms with E-state index in [2.05, 4.69) is 72.8 Å². The van der Waals surface area contributed by atoms with Gasteiger partial charge in [-0.2, -0.15) is 0 Å². The smallest absolute Gasteiger partial charge is 0.144 e. The van der Waals surface area contributed by atoms with E-state index in [1.807, 2.05) is 84.9 Å². The average Bonchev–Trinajstić information content (AvgIpc) is 3.25. The molecule has 7 nitrogen and oxygen atoms in total. The van der Waals surface area contributed by atoms with Crippen LogP contribution in [0.4, 0.5) is 0 Å². The van der Waals surface area contributed by atoms with E-state index in [1.54, 1.807) is 28.4 Å². The third kappa shape index (κ3) is 7.69. The largest absolute Gasteiger partial charge is 0.497 e. The fourth-order valence-corrected chi connectivity index (χ4v) is 7.94. The summed E-state index contributed by atoms with van der Waals surface area (Å²) in [5, 5.41) is 11.7. The summed E-state index contributed by atoms with van der Waals surface area (Å²) in [5.74, 6) is 2.99. The van der Waals surface area contributed by atoms with Crippen molar-refractivity contribution in [2.24, 2.45) is 0 Å². The van der Waals surface area contributed by atoms with Crippen molar-refractivity contribution in [1.29, 1.82) is 0 Å². The monoisotopic (exact) mass is 736 g/mol. The maximum Gasteiger partial charge on any atom is 0.144 e. The van der Waals surface area contributed by atoms with Gasteiger partial charge in [-0.05, 0) is 94.8 Å². The molecule has 282 valence electrons.